The van der Waals surface area contributed by atoms with E-state index in [2.05, 4.69) is 31.2 Å². The number of rotatable bonds is 3. The zero-order valence-electron chi connectivity index (χ0n) is 8.12. The Morgan fingerprint density at radius 2 is 1.64 bits per heavy atom. The van der Waals surface area contributed by atoms with Gasteiger partial charge in [-0.25, -0.2) is 0 Å². The summed E-state index contributed by atoms with van der Waals surface area (Å²) in [6, 6.07) is 8.70. The lowest BCUT2D eigenvalue weighted by Crippen LogP contribution is -1.91. The molecule has 2 rings (SSSR count). The topological polar surface area (TPSA) is 26.0 Å². The summed E-state index contributed by atoms with van der Waals surface area (Å²) in [4.78, 5) is 5.50. The van der Waals surface area contributed by atoms with Crippen molar-refractivity contribution in [3.05, 3.63) is 43.8 Å². The van der Waals surface area contributed by atoms with Gasteiger partial charge in [-0.1, -0.05) is 0 Å². The molecule has 0 atom stereocenters. The Morgan fingerprint density at radius 3 is 2.21 bits per heavy atom. The van der Waals surface area contributed by atoms with Crippen molar-refractivity contribution in [3.8, 4) is 0 Å². The first kappa shape index (κ1) is 9.90. The van der Waals surface area contributed by atoms with Gasteiger partial charge in [0, 0.05) is 32.5 Å². The first-order valence-electron chi connectivity index (χ1n) is 4.61. The molecule has 0 saturated carbocycles. The van der Waals surface area contributed by atoms with Crippen LogP contribution in [0.5, 0.6) is 0 Å². The van der Waals surface area contributed by atoms with Crippen LogP contribution in [0.2, 0.25) is 0 Å². The maximum absolute atomic E-state index is 5.57. The summed E-state index contributed by atoms with van der Waals surface area (Å²) in [5, 5.41) is 0. The number of hydrogen-bond acceptors (Lipinski definition) is 3. The van der Waals surface area contributed by atoms with Gasteiger partial charge in [0.2, 0.25) is 0 Å². The van der Waals surface area contributed by atoms with Gasteiger partial charge in [-0.15, -0.1) is 22.7 Å². The molecule has 0 amide bonds. The van der Waals surface area contributed by atoms with E-state index in [-0.39, 0.29) is 0 Å². The number of nitrogens with two attached hydrogens (primary N) is 1. The summed E-state index contributed by atoms with van der Waals surface area (Å²) in [6.45, 7) is 2.81. The highest BCUT2D eigenvalue weighted by Gasteiger charge is 2.02. The fraction of sp³-hybridized carbons (Fsp3) is 0.273. The van der Waals surface area contributed by atoms with Crippen molar-refractivity contribution >= 4 is 22.7 Å². The molecule has 0 aromatic carbocycles. The van der Waals surface area contributed by atoms with Crippen molar-refractivity contribution in [3.63, 3.8) is 0 Å². The van der Waals surface area contributed by atoms with Gasteiger partial charge in [0.1, 0.15) is 0 Å². The lowest BCUT2D eigenvalue weighted by Gasteiger charge is -1.92. The highest BCUT2D eigenvalue weighted by molar-refractivity contribution is 7.13. The standard InChI is InChI=1S/C11H13NS2/c1-8-2-3-9(13-8)6-10-4-5-11(7-12)14-10/h2-5H,6-7,12H2,1H3. The minimum absolute atomic E-state index is 0.661. The van der Waals surface area contributed by atoms with Crippen molar-refractivity contribution in [2.75, 3.05) is 0 Å². The Kier molecular flexibility index (Phi) is 3.01. The molecule has 0 aliphatic rings. The van der Waals surface area contributed by atoms with Gasteiger partial charge in [-0.2, -0.15) is 0 Å². The zero-order valence-corrected chi connectivity index (χ0v) is 9.75. The van der Waals surface area contributed by atoms with Crippen LogP contribution in [0.1, 0.15) is 19.5 Å². The van der Waals surface area contributed by atoms with Crippen molar-refractivity contribution in [2.24, 2.45) is 5.73 Å². The van der Waals surface area contributed by atoms with Gasteiger partial charge >= 0.3 is 0 Å². The lowest BCUT2D eigenvalue weighted by molar-refractivity contribution is 1.11. The normalized spacial score (nSPS) is 10.7. The highest BCUT2D eigenvalue weighted by Crippen LogP contribution is 2.23. The molecule has 0 fully saturated rings. The molecule has 74 valence electrons. The first-order chi connectivity index (χ1) is 6.78. The molecule has 2 aromatic rings. The summed E-state index contributed by atoms with van der Waals surface area (Å²) in [6.07, 6.45) is 1.06. The Bertz CT molecular complexity index is 414. The van der Waals surface area contributed by atoms with Crippen LogP contribution in [0, 0.1) is 6.92 Å². The van der Waals surface area contributed by atoms with Gasteiger partial charge in [0.25, 0.3) is 0 Å². The Morgan fingerprint density at radius 1 is 1.00 bits per heavy atom. The molecule has 3 heteroatoms. The van der Waals surface area contributed by atoms with Gasteiger partial charge in [0.15, 0.2) is 0 Å². The number of hydrogen-bond donors (Lipinski definition) is 1. The summed E-state index contributed by atoms with van der Waals surface area (Å²) >= 11 is 3.69. The molecule has 0 aliphatic heterocycles. The van der Waals surface area contributed by atoms with Gasteiger partial charge in [-0.3, -0.25) is 0 Å². The molecular formula is C11H13NS2. The van der Waals surface area contributed by atoms with E-state index in [0.29, 0.717) is 6.54 Å². The van der Waals surface area contributed by atoms with Crippen molar-refractivity contribution in [1.29, 1.82) is 0 Å². The van der Waals surface area contributed by atoms with Crippen LogP contribution >= 0.6 is 22.7 Å². The Balaban J connectivity index is 2.10. The monoisotopic (exact) mass is 223 g/mol. The van der Waals surface area contributed by atoms with E-state index in [1.807, 2.05) is 22.7 Å². The van der Waals surface area contributed by atoms with E-state index in [4.69, 9.17) is 5.73 Å². The van der Waals surface area contributed by atoms with Crippen LogP contribution in [0.3, 0.4) is 0 Å². The van der Waals surface area contributed by atoms with Crippen LogP contribution in [-0.2, 0) is 13.0 Å². The molecule has 0 saturated heterocycles. The maximum Gasteiger partial charge on any atom is 0.0273 e. The molecule has 0 unspecified atom stereocenters. The number of thiophene rings is 2. The average Bonchev–Trinajstić information content (AvgIpc) is 2.76. The molecule has 0 spiro atoms. The first-order valence-corrected chi connectivity index (χ1v) is 6.24. The van der Waals surface area contributed by atoms with Crippen LogP contribution < -0.4 is 5.73 Å². The predicted octanol–water partition coefficient (Wildman–Crippen LogP) is 3.17. The minimum atomic E-state index is 0.661. The highest BCUT2D eigenvalue weighted by atomic mass is 32.1. The quantitative estimate of drug-likeness (QED) is 0.850. The van der Waals surface area contributed by atoms with Gasteiger partial charge in [-0.05, 0) is 31.2 Å². The fourth-order valence-corrected chi connectivity index (χ4v) is 3.30. The summed E-state index contributed by atoms with van der Waals surface area (Å²) < 4.78 is 0. The molecule has 14 heavy (non-hydrogen) atoms. The van der Waals surface area contributed by atoms with E-state index in [1.165, 1.54) is 19.5 Å². The van der Waals surface area contributed by atoms with E-state index in [1.54, 1.807) is 0 Å². The van der Waals surface area contributed by atoms with E-state index in [0.717, 1.165) is 6.42 Å². The second kappa shape index (κ2) is 4.26. The lowest BCUT2D eigenvalue weighted by atomic mass is 10.3. The minimum Gasteiger partial charge on any atom is -0.326 e. The SMILES string of the molecule is Cc1ccc(Cc2ccc(CN)s2)s1. The Labute approximate surface area is 92.2 Å². The third-order valence-corrected chi connectivity index (χ3v) is 4.17. The van der Waals surface area contributed by atoms with E-state index < -0.39 is 0 Å². The van der Waals surface area contributed by atoms with Crippen LogP contribution in [0.4, 0.5) is 0 Å². The maximum atomic E-state index is 5.57. The molecule has 0 radical (unpaired) electrons. The van der Waals surface area contributed by atoms with Crippen LogP contribution in [0.15, 0.2) is 24.3 Å². The van der Waals surface area contributed by atoms with Crippen molar-refractivity contribution < 1.29 is 0 Å². The summed E-state index contributed by atoms with van der Waals surface area (Å²) in [7, 11) is 0. The smallest absolute Gasteiger partial charge is 0.0273 e. The molecule has 2 aromatic heterocycles. The van der Waals surface area contributed by atoms with Crippen molar-refractivity contribution in [1.82, 2.24) is 0 Å². The Hall–Kier alpha value is -0.640. The molecule has 1 nitrogen and oxygen atoms in total. The fourth-order valence-electron chi connectivity index (χ4n) is 1.38. The van der Waals surface area contributed by atoms with Crippen LogP contribution in [-0.4, -0.2) is 0 Å². The second-order valence-corrected chi connectivity index (χ2v) is 5.89. The summed E-state index contributed by atoms with van der Waals surface area (Å²) in [5.74, 6) is 0. The third-order valence-electron chi connectivity index (χ3n) is 2.06. The van der Waals surface area contributed by atoms with E-state index in [9.17, 15) is 0 Å². The average molecular weight is 223 g/mol. The molecule has 2 heterocycles. The molecule has 0 aliphatic carbocycles. The third kappa shape index (κ3) is 2.23. The molecule has 2 N–H and O–H groups in total. The van der Waals surface area contributed by atoms with E-state index >= 15 is 0 Å². The largest absolute Gasteiger partial charge is 0.326 e. The van der Waals surface area contributed by atoms with Crippen molar-refractivity contribution in [2.45, 2.75) is 19.9 Å². The molecular weight excluding hydrogens is 210 g/mol. The number of aryl methyl sites for hydroxylation is 1. The summed E-state index contributed by atoms with van der Waals surface area (Å²) in [5.41, 5.74) is 5.57. The second-order valence-electron chi connectivity index (χ2n) is 3.26. The van der Waals surface area contributed by atoms with Crippen LogP contribution in [0.25, 0.3) is 0 Å². The van der Waals surface area contributed by atoms with Gasteiger partial charge in [0.05, 0.1) is 0 Å². The molecule has 0 bridgehead atoms. The van der Waals surface area contributed by atoms with Gasteiger partial charge < -0.3 is 5.73 Å². The predicted molar refractivity (Wildman–Crippen MR) is 64.1 cm³/mol. The zero-order chi connectivity index (χ0) is 9.97.